The number of rotatable bonds is 9. The Labute approximate surface area is 187 Å². The quantitative estimate of drug-likeness (QED) is 0.234. The number of ether oxygens (including phenoxy) is 2. The highest BCUT2D eigenvalue weighted by Crippen LogP contribution is 2.27. The smallest absolute Gasteiger partial charge is 0.191 e. The Hall–Kier alpha value is -1.22. The number of nitrogens with zero attached hydrogens (tertiary/aromatic N) is 2. The molecule has 1 aromatic rings. The summed E-state index contributed by atoms with van der Waals surface area (Å²) >= 11 is 0. The van der Waals surface area contributed by atoms with E-state index in [1.807, 2.05) is 18.2 Å². The van der Waals surface area contributed by atoms with Crippen LogP contribution in [0, 0.1) is 5.92 Å². The van der Waals surface area contributed by atoms with Crippen LogP contribution in [0.3, 0.4) is 0 Å². The molecule has 0 saturated carbocycles. The van der Waals surface area contributed by atoms with Crippen molar-refractivity contribution < 1.29 is 9.47 Å². The number of piperidine rings is 1. The third-order valence-electron chi connectivity index (χ3n) is 5.20. The van der Waals surface area contributed by atoms with Crippen LogP contribution in [-0.4, -0.2) is 58.3 Å². The lowest BCUT2D eigenvalue weighted by atomic mass is 9.99. The molecule has 6 nitrogen and oxygen atoms in total. The first-order valence-corrected chi connectivity index (χ1v) is 10.0. The molecule has 0 aliphatic carbocycles. The zero-order valence-electron chi connectivity index (χ0n) is 17.8. The molecule has 2 rings (SSSR count). The van der Waals surface area contributed by atoms with Gasteiger partial charge in [-0.1, -0.05) is 13.0 Å². The van der Waals surface area contributed by atoms with Crippen LogP contribution in [0.5, 0.6) is 11.5 Å². The first-order valence-electron chi connectivity index (χ1n) is 10.0. The van der Waals surface area contributed by atoms with E-state index in [1.54, 1.807) is 21.3 Å². The summed E-state index contributed by atoms with van der Waals surface area (Å²) in [4.78, 5) is 6.90. The molecule has 1 fully saturated rings. The van der Waals surface area contributed by atoms with Gasteiger partial charge >= 0.3 is 0 Å². The SMILES string of the molecule is CN=C(NCCCCN1CCC(C)CC1)NCc1ccc(OC)c(OC)c1.I. The number of halogens is 1. The average Bonchev–Trinajstić information content (AvgIpc) is 2.71. The second kappa shape index (κ2) is 13.9. The highest BCUT2D eigenvalue weighted by molar-refractivity contribution is 14.0. The Morgan fingerprint density at radius 1 is 1.11 bits per heavy atom. The van der Waals surface area contributed by atoms with Crippen LogP contribution in [0.4, 0.5) is 0 Å². The number of benzene rings is 1. The van der Waals surface area contributed by atoms with E-state index in [-0.39, 0.29) is 24.0 Å². The van der Waals surface area contributed by atoms with Gasteiger partial charge in [-0.25, -0.2) is 0 Å². The normalized spacial score (nSPS) is 15.6. The summed E-state index contributed by atoms with van der Waals surface area (Å²) in [6.45, 7) is 7.74. The Bertz CT molecular complexity index is 590. The lowest BCUT2D eigenvalue weighted by Crippen LogP contribution is -2.38. The van der Waals surface area contributed by atoms with Crippen molar-refractivity contribution in [2.24, 2.45) is 10.9 Å². The van der Waals surface area contributed by atoms with Crippen molar-refractivity contribution in [2.75, 3.05) is 47.4 Å². The Morgan fingerprint density at radius 2 is 1.82 bits per heavy atom. The van der Waals surface area contributed by atoms with Crippen LogP contribution in [0.15, 0.2) is 23.2 Å². The number of nitrogens with one attached hydrogen (secondary N) is 2. The third-order valence-corrected chi connectivity index (χ3v) is 5.20. The number of guanidine groups is 1. The second-order valence-electron chi connectivity index (χ2n) is 7.27. The highest BCUT2D eigenvalue weighted by atomic mass is 127. The summed E-state index contributed by atoms with van der Waals surface area (Å²) in [5, 5.41) is 6.75. The van der Waals surface area contributed by atoms with Gasteiger partial charge in [0, 0.05) is 20.1 Å². The molecule has 1 saturated heterocycles. The molecule has 0 unspecified atom stereocenters. The fraction of sp³-hybridized carbons (Fsp3) is 0.667. The van der Waals surface area contributed by atoms with Crippen LogP contribution in [0.25, 0.3) is 0 Å². The van der Waals surface area contributed by atoms with Crippen molar-refractivity contribution in [3.8, 4) is 11.5 Å². The maximum absolute atomic E-state index is 5.36. The zero-order chi connectivity index (χ0) is 19.5. The molecular formula is C21H37IN4O2. The Morgan fingerprint density at radius 3 is 2.46 bits per heavy atom. The summed E-state index contributed by atoms with van der Waals surface area (Å²) in [5.74, 6) is 3.22. The molecule has 0 amide bonds. The molecule has 1 aromatic carbocycles. The predicted octanol–water partition coefficient (Wildman–Crippen LogP) is 3.50. The molecule has 0 atom stereocenters. The monoisotopic (exact) mass is 504 g/mol. The topological polar surface area (TPSA) is 58.1 Å². The van der Waals surface area contributed by atoms with Crippen LogP contribution in [0.1, 0.15) is 38.2 Å². The molecule has 160 valence electrons. The van der Waals surface area contributed by atoms with Crippen LogP contribution < -0.4 is 20.1 Å². The van der Waals surface area contributed by atoms with Crippen molar-refractivity contribution in [2.45, 2.75) is 39.2 Å². The van der Waals surface area contributed by atoms with E-state index < -0.39 is 0 Å². The molecule has 0 aromatic heterocycles. The first-order chi connectivity index (χ1) is 13.2. The largest absolute Gasteiger partial charge is 0.493 e. The third kappa shape index (κ3) is 8.43. The van der Waals surface area contributed by atoms with Gasteiger partial charge in [-0.15, -0.1) is 24.0 Å². The number of hydrogen-bond acceptors (Lipinski definition) is 4. The fourth-order valence-electron chi connectivity index (χ4n) is 3.35. The van der Waals surface area contributed by atoms with Gasteiger partial charge in [0.15, 0.2) is 17.5 Å². The number of unbranched alkanes of at least 4 members (excludes halogenated alkanes) is 1. The van der Waals surface area contributed by atoms with Crippen molar-refractivity contribution in [3.63, 3.8) is 0 Å². The van der Waals surface area contributed by atoms with E-state index in [0.717, 1.165) is 41.9 Å². The van der Waals surface area contributed by atoms with E-state index in [1.165, 1.54) is 38.9 Å². The Kier molecular flexibility index (Phi) is 12.3. The van der Waals surface area contributed by atoms with Crippen LogP contribution in [0.2, 0.25) is 0 Å². The predicted molar refractivity (Wildman–Crippen MR) is 127 cm³/mol. The van der Waals surface area contributed by atoms with Crippen LogP contribution in [-0.2, 0) is 6.54 Å². The molecule has 7 heteroatoms. The Balaban J connectivity index is 0.00000392. The van der Waals surface area contributed by atoms with E-state index >= 15 is 0 Å². The van der Waals surface area contributed by atoms with Gasteiger partial charge in [0.25, 0.3) is 0 Å². The number of likely N-dealkylation sites (tertiary alicyclic amines) is 1. The van der Waals surface area contributed by atoms with Crippen molar-refractivity contribution >= 4 is 29.9 Å². The molecule has 2 N–H and O–H groups in total. The van der Waals surface area contributed by atoms with Gasteiger partial charge in [-0.2, -0.15) is 0 Å². The highest BCUT2D eigenvalue weighted by Gasteiger charge is 2.14. The molecular weight excluding hydrogens is 467 g/mol. The first kappa shape index (κ1) is 24.8. The van der Waals surface area contributed by atoms with Gasteiger partial charge in [0.2, 0.25) is 0 Å². The minimum absolute atomic E-state index is 0. The molecule has 0 radical (unpaired) electrons. The summed E-state index contributed by atoms with van der Waals surface area (Å²) in [5.41, 5.74) is 1.12. The summed E-state index contributed by atoms with van der Waals surface area (Å²) in [7, 11) is 5.10. The second-order valence-corrected chi connectivity index (χ2v) is 7.27. The lowest BCUT2D eigenvalue weighted by molar-refractivity contribution is 0.189. The molecule has 28 heavy (non-hydrogen) atoms. The molecule has 1 heterocycles. The minimum atomic E-state index is 0. The molecule has 0 spiro atoms. The van der Waals surface area contributed by atoms with Gasteiger partial charge in [0.1, 0.15) is 0 Å². The van der Waals surface area contributed by atoms with E-state index in [4.69, 9.17) is 9.47 Å². The molecule has 1 aliphatic rings. The van der Waals surface area contributed by atoms with Gasteiger partial charge in [0.05, 0.1) is 14.2 Å². The van der Waals surface area contributed by atoms with Crippen molar-refractivity contribution in [3.05, 3.63) is 23.8 Å². The standard InChI is InChI=1S/C21H36N4O2.HI/c1-17-9-13-25(14-10-17)12-6-5-11-23-21(22-2)24-16-18-7-8-19(26-3)20(15-18)27-4;/h7-8,15,17H,5-6,9-14,16H2,1-4H3,(H2,22,23,24);1H. The summed E-state index contributed by atoms with van der Waals surface area (Å²) < 4.78 is 10.6. The number of methoxy groups -OCH3 is 2. The zero-order valence-corrected chi connectivity index (χ0v) is 20.1. The fourth-order valence-corrected chi connectivity index (χ4v) is 3.35. The van der Waals surface area contributed by atoms with Crippen molar-refractivity contribution in [1.29, 1.82) is 0 Å². The van der Waals surface area contributed by atoms with Crippen molar-refractivity contribution in [1.82, 2.24) is 15.5 Å². The maximum Gasteiger partial charge on any atom is 0.191 e. The van der Waals surface area contributed by atoms with E-state index in [2.05, 4.69) is 27.4 Å². The van der Waals surface area contributed by atoms with Gasteiger partial charge in [-0.3, -0.25) is 4.99 Å². The molecule has 1 aliphatic heterocycles. The number of aliphatic imine (C=N–C) groups is 1. The summed E-state index contributed by atoms with van der Waals surface area (Å²) in [6.07, 6.45) is 5.09. The van der Waals surface area contributed by atoms with E-state index in [9.17, 15) is 0 Å². The maximum atomic E-state index is 5.36. The summed E-state index contributed by atoms with van der Waals surface area (Å²) in [6, 6.07) is 5.94. The van der Waals surface area contributed by atoms with E-state index in [0.29, 0.717) is 6.54 Å². The van der Waals surface area contributed by atoms with Crippen LogP contribution >= 0.6 is 24.0 Å². The molecule has 0 bridgehead atoms. The van der Waals surface area contributed by atoms with Gasteiger partial charge in [-0.05, 0) is 68.9 Å². The van der Waals surface area contributed by atoms with Gasteiger partial charge < -0.3 is 25.0 Å². The number of hydrogen-bond donors (Lipinski definition) is 2. The minimum Gasteiger partial charge on any atom is -0.493 e. The lowest BCUT2D eigenvalue weighted by Gasteiger charge is -2.30. The average molecular weight is 504 g/mol.